The predicted molar refractivity (Wildman–Crippen MR) is 92.8 cm³/mol. The maximum Gasteiger partial charge on any atom is 0.308 e. The van der Waals surface area contributed by atoms with E-state index in [1.807, 2.05) is 44.1 Å². The number of likely N-dealkylation sites (tertiary alicyclic amines) is 1. The summed E-state index contributed by atoms with van der Waals surface area (Å²) >= 11 is 0. The SMILES string of the molecule is CCOc1cc(CN2CC(C(=O)O)CC2=O)ccc1OCCN(C)C. The van der Waals surface area contributed by atoms with Gasteiger partial charge in [-0.25, -0.2) is 0 Å². The molecular formula is C18H26N2O5. The Balaban J connectivity index is 2.05. The summed E-state index contributed by atoms with van der Waals surface area (Å²) in [5.41, 5.74) is 0.891. The Kier molecular flexibility index (Phi) is 6.64. The van der Waals surface area contributed by atoms with Crippen molar-refractivity contribution in [2.45, 2.75) is 19.9 Å². The molecule has 1 amide bonds. The minimum atomic E-state index is -0.921. The molecule has 1 atom stereocenters. The molecule has 0 bridgehead atoms. The average molecular weight is 350 g/mol. The molecule has 25 heavy (non-hydrogen) atoms. The van der Waals surface area contributed by atoms with Crippen molar-refractivity contribution in [3.63, 3.8) is 0 Å². The zero-order chi connectivity index (χ0) is 18.4. The third-order valence-corrected chi connectivity index (χ3v) is 4.04. The molecule has 1 N–H and O–H groups in total. The summed E-state index contributed by atoms with van der Waals surface area (Å²) in [5, 5.41) is 9.07. The monoisotopic (exact) mass is 350 g/mol. The van der Waals surface area contributed by atoms with E-state index in [-0.39, 0.29) is 18.9 Å². The third-order valence-electron chi connectivity index (χ3n) is 4.04. The second-order valence-electron chi connectivity index (χ2n) is 6.38. The number of rotatable bonds is 9. The van der Waals surface area contributed by atoms with Gasteiger partial charge in [0.1, 0.15) is 6.61 Å². The Morgan fingerprint density at radius 1 is 1.32 bits per heavy atom. The molecule has 138 valence electrons. The van der Waals surface area contributed by atoms with E-state index in [9.17, 15) is 9.59 Å². The van der Waals surface area contributed by atoms with Gasteiger partial charge in [0.25, 0.3) is 0 Å². The molecule has 1 aliphatic heterocycles. The number of carbonyl (C=O) groups is 2. The summed E-state index contributed by atoms with van der Waals surface area (Å²) in [6, 6.07) is 5.58. The van der Waals surface area contributed by atoms with Gasteiger partial charge in [-0.3, -0.25) is 9.59 Å². The first-order chi connectivity index (χ1) is 11.9. The van der Waals surface area contributed by atoms with Gasteiger partial charge >= 0.3 is 5.97 Å². The molecule has 0 aromatic heterocycles. The van der Waals surface area contributed by atoms with Crippen molar-refractivity contribution < 1.29 is 24.2 Å². The molecule has 1 aromatic carbocycles. The van der Waals surface area contributed by atoms with E-state index in [1.165, 1.54) is 0 Å². The van der Waals surface area contributed by atoms with Gasteiger partial charge in [-0.05, 0) is 38.7 Å². The van der Waals surface area contributed by atoms with E-state index in [4.69, 9.17) is 14.6 Å². The number of carboxylic acids is 1. The minimum absolute atomic E-state index is 0.0688. The Labute approximate surface area is 148 Å². The Morgan fingerprint density at radius 2 is 2.08 bits per heavy atom. The summed E-state index contributed by atoms with van der Waals surface area (Å²) in [4.78, 5) is 26.7. The first-order valence-corrected chi connectivity index (χ1v) is 8.44. The van der Waals surface area contributed by atoms with Crippen LogP contribution in [0.1, 0.15) is 18.9 Å². The molecule has 0 radical (unpaired) electrons. The summed E-state index contributed by atoms with van der Waals surface area (Å²) < 4.78 is 11.4. The summed E-state index contributed by atoms with van der Waals surface area (Å²) in [7, 11) is 3.96. The fourth-order valence-corrected chi connectivity index (χ4v) is 2.69. The Morgan fingerprint density at radius 3 is 2.68 bits per heavy atom. The van der Waals surface area contributed by atoms with E-state index < -0.39 is 11.9 Å². The van der Waals surface area contributed by atoms with Crippen molar-refractivity contribution in [3.05, 3.63) is 23.8 Å². The van der Waals surface area contributed by atoms with Gasteiger partial charge in [0.15, 0.2) is 11.5 Å². The first kappa shape index (κ1) is 19.1. The minimum Gasteiger partial charge on any atom is -0.490 e. The number of ether oxygens (including phenoxy) is 2. The first-order valence-electron chi connectivity index (χ1n) is 8.44. The summed E-state index contributed by atoms with van der Waals surface area (Å²) in [5.74, 6) is -0.358. The van der Waals surface area contributed by atoms with Gasteiger partial charge in [0.05, 0.1) is 12.5 Å². The molecular weight excluding hydrogens is 324 g/mol. The largest absolute Gasteiger partial charge is 0.490 e. The van der Waals surface area contributed by atoms with Crippen molar-refractivity contribution in [2.24, 2.45) is 5.92 Å². The Hall–Kier alpha value is -2.28. The normalized spacial score (nSPS) is 17.2. The Bertz CT molecular complexity index is 617. The third kappa shape index (κ3) is 5.35. The summed E-state index contributed by atoms with van der Waals surface area (Å²) in [6.07, 6.45) is 0.0688. The van der Waals surface area contributed by atoms with Gasteiger partial charge < -0.3 is 24.4 Å². The lowest BCUT2D eigenvalue weighted by molar-refractivity contribution is -0.141. The highest BCUT2D eigenvalue weighted by Crippen LogP contribution is 2.30. The van der Waals surface area contributed by atoms with E-state index in [0.29, 0.717) is 31.3 Å². The van der Waals surface area contributed by atoms with Crippen LogP contribution < -0.4 is 9.47 Å². The van der Waals surface area contributed by atoms with Crippen molar-refractivity contribution in [1.82, 2.24) is 9.80 Å². The molecule has 7 heteroatoms. The van der Waals surface area contributed by atoms with E-state index in [2.05, 4.69) is 0 Å². The van der Waals surface area contributed by atoms with Crippen LogP contribution in [0.2, 0.25) is 0 Å². The van der Waals surface area contributed by atoms with Crippen molar-refractivity contribution >= 4 is 11.9 Å². The van der Waals surface area contributed by atoms with Crippen LogP contribution in [0.5, 0.6) is 11.5 Å². The fourth-order valence-electron chi connectivity index (χ4n) is 2.69. The van der Waals surface area contributed by atoms with Crippen LogP contribution in [0.15, 0.2) is 18.2 Å². The molecule has 2 rings (SSSR count). The summed E-state index contributed by atoms with van der Waals surface area (Å²) in [6.45, 7) is 4.39. The second kappa shape index (κ2) is 8.71. The molecule has 7 nitrogen and oxygen atoms in total. The van der Waals surface area contributed by atoms with Crippen molar-refractivity contribution in [1.29, 1.82) is 0 Å². The molecule has 1 unspecified atom stereocenters. The number of hydrogen-bond donors (Lipinski definition) is 1. The predicted octanol–water partition coefficient (Wildman–Crippen LogP) is 1.46. The standard InChI is InChI=1S/C18H26N2O5/c1-4-24-16-9-13(5-6-15(16)25-8-7-19(2)3)11-20-12-14(18(22)23)10-17(20)21/h5-6,9,14H,4,7-8,10-12H2,1-3H3,(H,22,23). The van der Waals surface area contributed by atoms with Crippen LogP contribution >= 0.6 is 0 Å². The molecule has 1 aliphatic rings. The quantitative estimate of drug-likeness (QED) is 0.726. The molecule has 1 fully saturated rings. The number of hydrogen-bond acceptors (Lipinski definition) is 5. The molecule has 0 saturated carbocycles. The fraction of sp³-hybridized carbons (Fsp3) is 0.556. The van der Waals surface area contributed by atoms with Gasteiger partial charge in [0, 0.05) is 26.1 Å². The number of amides is 1. The van der Waals surface area contributed by atoms with E-state index in [1.54, 1.807) is 4.90 Å². The molecule has 0 aliphatic carbocycles. The highest BCUT2D eigenvalue weighted by atomic mass is 16.5. The van der Waals surface area contributed by atoms with Crippen LogP contribution in [0.25, 0.3) is 0 Å². The molecule has 1 saturated heterocycles. The van der Waals surface area contributed by atoms with Gasteiger partial charge in [0.2, 0.25) is 5.91 Å². The lowest BCUT2D eigenvalue weighted by Gasteiger charge is -2.18. The van der Waals surface area contributed by atoms with Crippen LogP contribution in [-0.4, -0.2) is 67.2 Å². The zero-order valence-electron chi connectivity index (χ0n) is 15.0. The van der Waals surface area contributed by atoms with Crippen LogP contribution in [0.4, 0.5) is 0 Å². The highest BCUT2D eigenvalue weighted by molar-refractivity contribution is 5.86. The lowest BCUT2D eigenvalue weighted by atomic mass is 10.1. The lowest BCUT2D eigenvalue weighted by Crippen LogP contribution is -2.25. The van der Waals surface area contributed by atoms with Crippen LogP contribution in [-0.2, 0) is 16.1 Å². The average Bonchev–Trinajstić information content (AvgIpc) is 2.91. The molecule has 0 spiro atoms. The van der Waals surface area contributed by atoms with Crippen molar-refractivity contribution in [2.75, 3.05) is 40.4 Å². The molecule has 1 aromatic rings. The van der Waals surface area contributed by atoms with Gasteiger partial charge in [-0.2, -0.15) is 0 Å². The number of nitrogens with zero attached hydrogens (tertiary/aromatic N) is 2. The number of likely N-dealkylation sites (N-methyl/N-ethyl adjacent to an activating group) is 1. The number of aliphatic carboxylic acids is 1. The van der Waals surface area contributed by atoms with Crippen LogP contribution in [0.3, 0.4) is 0 Å². The van der Waals surface area contributed by atoms with E-state index >= 15 is 0 Å². The smallest absolute Gasteiger partial charge is 0.308 e. The van der Waals surface area contributed by atoms with Gasteiger partial charge in [-0.15, -0.1) is 0 Å². The van der Waals surface area contributed by atoms with Crippen molar-refractivity contribution in [3.8, 4) is 11.5 Å². The topological polar surface area (TPSA) is 79.3 Å². The number of benzene rings is 1. The highest BCUT2D eigenvalue weighted by Gasteiger charge is 2.34. The molecule has 1 heterocycles. The van der Waals surface area contributed by atoms with Crippen LogP contribution in [0, 0.1) is 5.92 Å². The second-order valence-corrected chi connectivity index (χ2v) is 6.38. The van der Waals surface area contributed by atoms with Gasteiger partial charge in [-0.1, -0.05) is 6.07 Å². The van der Waals surface area contributed by atoms with E-state index in [0.717, 1.165) is 12.1 Å². The number of carbonyl (C=O) groups excluding carboxylic acids is 1. The maximum absolute atomic E-state index is 12.0. The maximum atomic E-state index is 12.0. The number of carboxylic acid groups (broad SMARTS) is 1. The zero-order valence-corrected chi connectivity index (χ0v) is 15.0.